The third-order valence-corrected chi connectivity index (χ3v) is 4.53. The van der Waals surface area contributed by atoms with Gasteiger partial charge in [0, 0.05) is 14.1 Å². The summed E-state index contributed by atoms with van der Waals surface area (Å²) in [5.41, 5.74) is 1.19. The Kier molecular flexibility index (Phi) is 3.20. The maximum Gasteiger partial charge on any atom is 0.332 e. The van der Waals surface area contributed by atoms with E-state index >= 15 is 0 Å². The number of halogens is 1. The van der Waals surface area contributed by atoms with Gasteiger partial charge in [0.15, 0.2) is 21.5 Å². The van der Waals surface area contributed by atoms with Crippen LogP contribution in [0.15, 0.2) is 43.0 Å². The Morgan fingerprint density at radius 2 is 1.88 bits per heavy atom. The number of aryl methyl sites for hydroxylation is 1. The molecule has 122 valence electrons. The minimum atomic E-state index is -0.440. The van der Waals surface area contributed by atoms with Crippen molar-refractivity contribution in [3.63, 3.8) is 0 Å². The largest absolute Gasteiger partial charge is 0.439 e. The van der Waals surface area contributed by atoms with Gasteiger partial charge >= 0.3 is 5.69 Å². The van der Waals surface area contributed by atoms with E-state index in [1.807, 2.05) is 24.3 Å². The third kappa shape index (κ3) is 2.04. The number of aromatic nitrogens is 5. The van der Waals surface area contributed by atoms with E-state index in [4.69, 9.17) is 4.42 Å². The molecule has 4 aromatic rings. The normalized spacial score (nSPS) is 11.6. The molecule has 0 aliphatic heterocycles. The molecule has 0 spiro atoms. The fraction of sp³-hybridized carbons (Fsp3) is 0.200. The summed E-state index contributed by atoms with van der Waals surface area (Å²) in [6, 6.07) is 7.44. The fourth-order valence-electron chi connectivity index (χ4n) is 2.73. The molecule has 0 aliphatic rings. The van der Waals surface area contributed by atoms with Crippen molar-refractivity contribution in [1.29, 1.82) is 0 Å². The maximum atomic E-state index is 12.3. The first kappa shape index (κ1) is 14.9. The Balaban J connectivity index is 1.95. The van der Waals surface area contributed by atoms with Gasteiger partial charge in [0.05, 0.1) is 0 Å². The summed E-state index contributed by atoms with van der Waals surface area (Å²) in [6.45, 7) is 0.242. The maximum absolute atomic E-state index is 12.3. The standard InChI is InChI=1S/C15H12BrN5O3/c1-19-12-11(13(22)20(2)15(19)23)18-14(16)21(12)7-10-17-8-5-3-4-6-9(8)24-10/h3-6H,7H2,1-2H3. The number of imidazole rings is 1. The van der Waals surface area contributed by atoms with Crippen LogP contribution in [0.4, 0.5) is 0 Å². The zero-order chi connectivity index (χ0) is 17.0. The van der Waals surface area contributed by atoms with Crippen LogP contribution in [0.5, 0.6) is 0 Å². The Labute approximate surface area is 143 Å². The van der Waals surface area contributed by atoms with Gasteiger partial charge in [0.1, 0.15) is 12.1 Å². The van der Waals surface area contributed by atoms with Crippen LogP contribution >= 0.6 is 15.9 Å². The van der Waals surface area contributed by atoms with Crippen molar-refractivity contribution in [1.82, 2.24) is 23.7 Å². The number of fused-ring (bicyclic) bond motifs is 2. The molecule has 3 aromatic heterocycles. The Bertz CT molecular complexity index is 1180. The summed E-state index contributed by atoms with van der Waals surface area (Å²) >= 11 is 3.35. The lowest BCUT2D eigenvalue weighted by Crippen LogP contribution is -2.37. The number of rotatable bonds is 2. The highest BCUT2D eigenvalue weighted by Gasteiger charge is 2.19. The molecule has 0 saturated carbocycles. The Morgan fingerprint density at radius 3 is 2.62 bits per heavy atom. The van der Waals surface area contributed by atoms with Crippen LogP contribution in [0.3, 0.4) is 0 Å². The average molecular weight is 390 g/mol. The van der Waals surface area contributed by atoms with Crippen LogP contribution in [-0.4, -0.2) is 23.7 Å². The van der Waals surface area contributed by atoms with E-state index in [0.29, 0.717) is 21.9 Å². The summed E-state index contributed by atoms with van der Waals surface area (Å²) in [7, 11) is 3.03. The van der Waals surface area contributed by atoms with Crippen molar-refractivity contribution in [2.45, 2.75) is 6.54 Å². The number of oxazole rings is 1. The summed E-state index contributed by atoms with van der Waals surface area (Å²) in [5, 5.41) is 0. The van der Waals surface area contributed by atoms with Gasteiger partial charge in [0.25, 0.3) is 5.56 Å². The lowest BCUT2D eigenvalue weighted by molar-refractivity contribution is 0.507. The second kappa shape index (κ2) is 5.17. The van der Waals surface area contributed by atoms with E-state index in [1.165, 1.54) is 11.6 Å². The molecule has 0 bridgehead atoms. The number of para-hydroxylation sites is 2. The van der Waals surface area contributed by atoms with E-state index in [0.717, 1.165) is 10.1 Å². The van der Waals surface area contributed by atoms with E-state index in [2.05, 4.69) is 25.9 Å². The van der Waals surface area contributed by atoms with Crippen LogP contribution in [0, 0.1) is 0 Å². The molecular formula is C15H12BrN5O3. The summed E-state index contributed by atoms with van der Waals surface area (Å²) in [5.74, 6) is 0.462. The minimum absolute atomic E-state index is 0.211. The minimum Gasteiger partial charge on any atom is -0.439 e. The molecule has 0 amide bonds. The van der Waals surface area contributed by atoms with Crippen molar-refractivity contribution in [2.75, 3.05) is 0 Å². The molecule has 1 aromatic carbocycles. The third-order valence-electron chi connectivity index (χ3n) is 3.92. The van der Waals surface area contributed by atoms with Crippen LogP contribution < -0.4 is 11.2 Å². The predicted octanol–water partition coefficient (Wildman–Crippen LogP) is 1.39. The predicted molar refractivity (Wildman–Crippen MR) is 91.0 cm³/mol. The van der Waals surface area contributed by atoms with Gasteiger partial charge < -0.3 is 4.42 Å². The SMILES string of the molecule is Cn1c(=O)c2nc(Br)n(Cc3nc4ccccc4o3)c2n(C)c1=O. The first-order valence-corrected chi connectivity index (χ1v) is 7.93. The van der Waals surface area contributed by atoms with E-state index in [1.54, 1.807) is 11.6 Å². The molecule has 4 rings (SSSR count). The second-order valence-corrected chi connectivity index (χ2v) is 6.13. The quantitative estimate of drug-likeness (QED) is 0.483. The average Bonchev–Trinajstić information content (AvgIpc) is 3.12. The van der Waals surface area contributed by atoms with Gasteiger partial charge in [0.2, 0.25) is 5.89 Å². The van der Waals surface area contributed by atoms with Gasteiger partial charge in [-0.25, -0.2) is 14.8 Å². The molecule has 9 heteroatoms. The van der Waals surface area contributed by atoms with Gasteiger partial charge in [-0.3, -0.25) is 18.5 Å². The topological polar surface area (TPSA) is 87.8 Å². The summed E-state index contributed by atoms with van der Waals surface area (Å²) < 4.78 is 10.2. The van der Waals surface area contributed by atoms with E-state index in [-0.39, 0.29) is 12.1 Å². The van der Waals surface area contributed by atoms with Crippen molar-refractivity contribution < 1.29 is 4.42 Å². The summed E-state index contributed by atoms with van der Waals surface area (Å²) in [4.78, 5) is 33.1. The smallest absolute Gasteiger partial charge is 0.332 e. The molecule has 24 heavy (non-hydrogen) atoms. The molecule has 0 unspecified atom stereocenters. The number of hydrogen-bond donors (Lipinski definition) is 0. The zero-order valence-corrected chi connectivity index (χ0v) is 14.4. The molecule has 0 N–H and O–H groups in total. The van der Waals surface area contributed by atoms with Crippen molar-refractivity contribution in [3.05, 3.63) is 55.7 Å². The van der Waals surface area contributed by atoms with Crippen molar-refractivity contribution >= 4 is 38.2 Å². The van der Waals surface area contributed by atoms with Crippen LogP contribution in [-0.2, 0) is 20.6 Å². The van der Waals surface area contributed by atoms with Gasteiger partial charge in [-0.2, -0.15) is 0 Å². The van der Waals surface area contributed by atoms with E-state index < -0.39 is 11.2 Å². The lowest BCUT2D eigenvalue weighted by atomic mass is 10.3. The van der Waals surface area contributed by atoms with Gasteiger partial charge in [-0.1, -0.05) is 12.1 Å². The molecule has 0 saturated heterocycles. The van der Waals surface area contributed by atoms with Crippen LogP contribution in [0.25, 0.3) is 22.3 Å². The molecule has 3 heterocycles. The highest BCUT2D eigenvalue weighted by Crippen LogP contribution is 2.20. The highest BCUT2D eigenvalue weighted by atomic mass is 79.9. The Morgan fingerprint density at radius 1 is 1.12 bits per heavy atom. The molecular weight excluding hydrogens is 378 g/mol. The highest BCUT2D eigenvalue weighted by molar-refractivity contribution is 9.10. The first-order valence-electron chi connectivity index (χ1n) is 7.13. The van der Waals surface area contributed by atoms with Crippen LogP contribution in [0.1, 0.15) is 5.89 Å². The monoisotopic (exact) mass is 389 g/mol. The molecule has 0 radical (unpaired) electrons. The molecule has 0 aliphatic carbocycles. The lowest BCUT2D eigenvalue weighted by Gasteiger charge is -2.07. The van der Waals surface area contributed by atoms with Crippen molar-refractivity contribution in [3.8, 4) is 0 Å². The molecule has 0 fully saturated rings. The number of nitrogens with zero attached hydrogens (tertiary/aromatic N) is 5. The molecule has 8 nitrogen and oxygen atoms in total. The Hall–Kier alpha value is -2.68. The fourth-order valence-corrected chi connectivity index (χ4v) is 3.20. The van der Waals surface area contributed by atoms with Crippen LogP contribution in [0.2, 0.25) is 0 Å². The first-order chi connectivity index (χ1) is 11.5. The number of benzene rings is 1. The van der Waals surface area contributed by atoms with Gasteiger partial charge in [-0.05, 0) is 28.1 Å². The van der Waals surface area contributed by atoms with Gasteiger partial charge in [-0.15, -0.1) is 0 Å². The number of hydrogen-bond acceptors (Lipinski definition) is 5. The summed E-state index contributed by atoms with van der Waals surface area (Å²) in [6.07, 6.45) is 0. The van der Waals surface area contributed by atoms with Crippen molar-refractivity contribution in [2.24, 2.45) is 14.1 Å². The van der Waals surface area contributed by atoms with E-state index in [9.17, 15) is 9.59 Å². The zero-order valence-electron chi connectivity index (χ0n) is 12.9. The molecule has 0 atom stereocenters. The second-order valence-electron chi connectivity index (χ2n) is 5.42.